The summed E-state index contributed by atoms with van der Waals surface area (Å²) in [7, 11) is -10.1. The molecule has 4 aromatic rings. The van der Waals surface area contributed by atoms with Crippen molar-refractivity contribution in [3.05, 3.63) is 41.2 Å². The van der Waals surface area contributed by atoms with Gasteiger partial charge in [0.25, 0.3) is 0 Å². The predicted octanol–water partition coefficient (Wildman–Crippen LogP) is 1.30. The van der Waals surface area contributed by atoms with Crippen LogP contribution in [0.5, 0.6) is 0 Å². The maximum atomic E-state index is 13.2. The molecule has 45 heavy (non-hydrogen) atoms. The maximum Gasteiger partial charge on any atom is 0.472 e. The molecule has 7 rings (SSSR count). The van der Waals surface area contributed by atoms with Crippen LogP contribution in [0, 0.1) is 0 Å². The molecule has 19 nitrogen and oxygen atoms in total. The summed E-state index contributed by atoms with van der Waals surface area (Å²) in [5.41, 5.74) is 6.94. The molecular weight excluding hydrogens is 687 g/mol. The van der Waals surface area contributed by atoms with Gasteiger partial charge in [0.1, 0.15) is 48.5 Å². The van der Waals surface area contributed by atoms with Crippen molar-refractivity contribution in [3.8, 4) is 0 Å². The number of nitrogens with two attached hydrogens (primary N) is 1. The molecular formula is C22H23Cl2N7O12P2. The van der Waals surface area contributed by atoms with Crippen LogP contribution >= 0.6 is 38.8 Å². The number of imidazole rings is 2. The number of hydrogen-bond donors (Lipinski definition) is 5. The van der Waals surface area contributed by atoms with Crippen LogP contribution in [0.2, 0.25) is 10.0 Å². The van der Waals surface area contributed by atoms with Crippen molar-refractivity contribution >= 4 is 66.9 Å². The summed E-state index contributed by atoms with van der Waals surface area (Å²) in [6, 6.07) is 2.95. The summed E-state index contributed by atoms with van der Waals surface area (Å²) in [4.78, 5) is 37.6. The van der Waals surface area contributed by atoms with Gasteiger partial charge in [0.15, 0.2) is 23.9 Å². The number of anilines is 1. The normalized spacial score (nSPS) is 37.7. The van der Waals surface area contributed by atoms with Crippen molar-refractivity contribution in [2.24, 2.45) is 0 Å². The Kier molecular flexibility index (Phi) is 7.95. The van der Waals surface area contributed by atoms with E-state index in [9.17, 15) is 29.1 Å². The van der Waals surface area contributed by atoms with Gasteiger partial charge in [0.2, 0.25) is 0 Å². The first kappa shape index (κ1) is 31.3. The second-order valence-corrected chi connectivity index (χ2v) is 13.9. The first-order valence-electron chi connectivity index (χ1n) is 13.0. The topological polar surface area (TPSA) is 258 Å². The van der Waals surface area contributed by atoms with Crippen LogP contribution < -0.4 is 5.73 Å². The SMILES string of the molecule is Nc1ncnc2c1ncn2[C@@H]1O[C@@H]2COP(=O)(O)OC3[C@@H](O)[C@@H](COP(=O)(O)OC2[C@@H]1O)O[C@H]3n1cnc2cc(Cl)c(Cl)cc21. The molecule has 3 saturated heterocycles. The lowest BCUT2D eigenvalue weighted by Crippen LogP contribution is -2.36. The van der Waals surface area contributed by atoms with Gasteiger partial charge in [-0.2, -0.15) is 0 Å². The third-order valence-electron chi connectivity index (χ3n) is 7.49. The predicted molar refractivity (Wildman–Crippen MR) is 151 cm³/mol. The standard InChI is InChI=1S/C22H23Cl2N7O12P2/c23-8-1-10-11(2-9(8)24)30(6-28-10)22-18-15(32)12(40-22)3-38-44(34,35)42-17-13(4-39-45(36,37)43-18)41-21(16(17)33)31-7-29-14-19(25)26-5-27-20(14)31/h1-2,5-7,12-13,15-18,21-22,32-33H,3-4H2,(H,34,35)(H,36,37)(H2,25,26,27)/t12-,13-,15+,16+,17?,18?,21-,22-/m1/s1. The van der Waals surface area contributed by atoms with E-state index in [0.717, 1.165) is 6.33 Å². The molecule has 3 aromatic heterocycles. The van der Waals surface area contributed by atoms with Crippen LogP contribution in [0.3, 0.4) is 0 Å². The average molecular weight is 710 g/mol. The first-order chi connectivity index (χ1) is 21.3. The number of benzene rings is 1. The molecule has 4 unspecified atom stereocenters. The van der Waals surface area contributed by atoms with E-state index < -0.39 is 77.9 Å². The summed E-state index contributed by atoms with van der Waals surface area (Å²) in [6.45, 7) is -1.54. The van der Waals surface area contributed by atoms with Crippen molar-refractivity contribution in [2.75, 3.05) is 18.9 Å². The van der Waals surface area contributed by atoms with E-state index in [2.05, 4.69) is 19.9 Å². The van der Waals surface area contributed by atoms with E-state index >= 15 is 0 Å². The zero-order valence-electron chi connectivity index (χ0n) is 22.4. The van der Waals surface area contributed by atoms with Crippen molar-refractivity contribution < 1.29 is 56.7 Å². The van der Waals surface area contributed by atoms with Crippen molar-refractivity contribution in [1.29, 1.82) is 0 Å². The fourth-order valence-corrected chi connectivity index (χ4v) is 7.61. The smallest absolute Gasteiger partial charge is 0.387 e. The summed E-state index contributed by atoms with van der Waals surface area (Å²) in [5.74, 6) is 0.0490. The van der Waals surface area contributed by atoms with Gasteiger partial charge in [0, 0.05) is 0 Å². The quantitative estimate of drug-likeness (QED) is 0.184. The van der Waals surface area contributed by atoms with Crippen LogP contribution in [-0.2, 0) is 36.7 Å². The van der Waals surface area contributed by atoms with Gasteiger partial charge < -0.3 is 39.8 Å². The van der Waals surface area contributed by atoms with Crippen molar-refractivity contribution in [2.45, 2.75) is 49.1 Å². The molecule has 0 spiro atoms. The summed E-state index contributed by atoms with van der Waals surface area (Å²) < 4.78 is 61.7. The number of aliphatic hydroxyl groups is 2. The highest BCUT2D eigenvalue weighted by Crippen LogP contribution is 2.54. The fourth-order valence-electron chi connectivity index (χ4n) is 5.39. The van der Waals surface area contributed by atoms with Crippen LogP contribution in [0.4, 0.5) is 5.82 Å². The van der Waals surface area contributed by atoms with Crippen LogP contribution in [0.15, 0.2) is 31.1 Å². The van der Waals surface area contributed by atoms with E-state index in [1.165, 1.54) is 33.9 Å². The highest BCUT2D eigenvalue weighted by molar-refractivity contribution is 7.47. The van der Waals surface area contributed by atoms with Gasteiger partial charge in [0.05, 0.1) is 46.9 Å². The zero-order chi connectivity index (χ0) is 31.8. The summed E-state index contributed by atoms with van der Waals surface area (Å²) in [6.07, 6.45) is -8.39. The van der Waals surface area contributed by atoms with E-state index in [0.29, 0.717) is 11.0 Å². The van der Waals surface area contributed by atoms with Crippen LogP contribution in [0.1, 0.15) is 12.5 Å². The van der Waals surface area contributed by atoms with E-state index in [1.807, 2.05) is 0 Å². The molecule has 10 atom stereocenters. The van der Waals surface area contributed by atoms with E-state index in [4.69, 9.17) is 56.5 Å². The lowest BCUT2D eigenvalue weighted by atomic mass is 10.1. The molecule has 1 aromatic carbocycles. The Morgan fingerprint density at radius 1 is 0.822 bits per heavy atom. The number of aliphatic hydroxyl groups excluding tert-OH is 2. The molecule has 3 aliphatic heterocycles. The highest BCUT2D eigenvalue weighted by atomic mass is 35.5. The number of aromatic nitrogens is 6. The van der Waals surface area contributed by atoms with E-state index in [-0.39, 0.29) is 27.0 Å². The van der Waals surface area contributed by atoms with Gasteiger partial charge in [-0.05, 0) is 12.1 Å². The number of halogens is 2. The number of fused-ring (bicyclic) bond motifs is 5. The summed E-state index contributed by atoms with van der Waals surface area (Å²) in [5, 5.41) is 22.6. The lowest BCUT2D eigenvalue weighted by Gasteiger charge is -2.26. The summed E-state index contributed by atoms with van der Waals surface area (Å²) >= 11 is 12.3. The van der Waals surface area contributed by atoms with Gasteiger partial charge >= 0.3 is 15.6 Å². The Morgan fingerprint density at radius 2 is 1.47 bits per heavy atom. The fraction of sp³-hybridized carbons (Fsp3) is 0.455. The number of nitrogen functional groups attached to an aromatic ring is 1. The Bertz CT molecular complexity index is 1880. The number of nitrogens with zero attached hydrogens (tertiary/aromatic N) is 6. The van der Waals surface area contributed by atoms with Crippen LogP contribution in [-0.4, -0.2) is 98.9 Å². The molecule has 242 valence electrons. The molecule has 23 heteroatoms. The number of rotatable bonds is 2. The Morgan fingerprint density at radius 3 is 2.22 bits per heavy atom. The zero-order valence-corrected chi connectivity index (χ0v) is 25.7. The number of phosphoric ester groups is 2. The van der Waals surface area contributed by atoms with Gasteiger partial charge in [-0.1, -0.05) is 23.2 Å². The molecule has 0 radical (unpaired) electrons. The first-order valence-corrected chi connectivity index (χ1v) is 16.8. The molecule has 3 fully saturated rings. The second kappa shape index (κ2) is 11.4. The van der Waals surface area contributed by atoms with Crippen molar-refractivity contribution in [3.63, 3.8) is 0 Å². The minimum absolute atomic E-state index is 0.0490. The molecule has 0 amide bonds. The Balaban J connectivity index is 1.20. The van der Waals surface area contributed by atoms with Crippen LogP contribution in [0.25, 0.3) is 22.2 Å². The Labute approximate surface area is 261 Å². The second-order valence-electron chi connectivity index (χ2n) is 10.3. The number of phosphoric acid groups is 2. The monoisotopic (exact) mass is 709 g/mol. The minimum atomic E-state index is -5.05. The van der Waals surface area contributed by atoms with E-state index in [1.54, 1.807) is 0 Å². The van der Waals surface area contributed by atoms with Crippen molar-refractivity contribution in [1.82, 2.24) is 29.1 Å². The Hall–Kier alpha value is -2.32. The molecule has 6 heterocycles. The largest absolute Gasteiger partial charge is 0.472 e. The maximum absolute atomic E-state index is 13.2. The third-order valence-corrected chi connectivity index (χ3v) is 10.2. The van der Waals surface area contributed by atoms with Gasteiger partial charge in [-0.25, -0.2) is 29.1 Å². The van der Waals surface area contributed by atoms with Gasteiger partial charge in [-0.3, -0.25) is 22.7 Å². The molecule has 2 bridgehead atoms. The number of hydrogen-bond acceptors (Lipinski definition) is 15. The molecule has 0 saturated carbocycles. The molecule has 6 N–H and O–H groups in total. The highest BCUT2D eigenvalue weighted by Gasteiger charge is 2.53. The number of ether oxygens (including phenoxy) is 2. The average Bonchev–Trinajstić information content (AvgIpc) is 3.73. The minimum Gasteiger partial charge on any atom is -0.387 e. The third kappa shape index (κ3) is 5.66. The van der Waals surface area contributed by atoms with Gasteiger partial charge in [-0.15, -0.1) is 0 Å². The molecule has 0 aliphatic carbocycles. The lowest BCUT2D eigenvalue weighted by molar-refractivity contribution is -0.0671. The molecule has 3 aliphatic rings.